The van der Waals surface area contributed by atoms with E-state index in [0.717, 1.165) is 6.42 Å². The van der Waals surface area contributed by atoms with Gasteiger partial charge in [0.15, 0.2) is 0 Å². The number of furan rings is 1. The maximum atomic E-state index is 12.4. The molecule has 1 rings (SSSR count). The van der Waals surface area contributed by atoms with E-state index < -0.39 is 5.97 Å². The number of hydrogen-bond acceptors (Lipinski definition) is 3. The Hall–Kier alpha value is -1.78. The number of amides is 1. The molecule has 0 aliphatic rings. The van der Waals surface area contributed by atoms with Crippen molar-refractivity contribution < 1.29 is 19.1 Å². The van der Waals surface area contributed by atoms with Crippen molar-refractivity contribution in [3.8, 4) is 0 Å². The summed E-state index contributed by atoms with van der Waals surface area (Å²) >= 11 is 0. The highest BCUT2D eigenvalue weighted by Gasteiger charge is 2.25. The maximum absolute atomic E-state index is 12.4. The van der Waals surface area contributed by atoms with Crippen molar-refractivity contribution >= 4 is 11.9 Å². The molecule has 1 heterocycles. The fourth-order valence-corrected chi connectivity index (χ4v) is 1.90. The average molecular weight is 267 g/mol. The molecule has 106 valence electrons. The van der Waals surface area contributed by atoms with Crippen LogP contribution in [-0.4, -0.2) is 34.5 Å². The van der Waals surface area contributed by atoms with Gasteiger partial charge in [-0.25, -0.2) is 0 Å². The van der Waals surface area contributed by atoms with Gasteiger partial charge in [-0.3, -0.25) is 9.59 Å². The first kappa shape index (κ1) is 15.3. The second-order valence-electron chi connectivity index (χ2n) is 4.59. The molecule has 0 fully saturated rings. The second-order valence-corrected chi connectivity index (χ2v) is 4.59. The molecule has 0 saturated heterocycles. The summed E-state index contributed by atoms with van der Waals surface area (Å²) in [6.45, 7) is 5.49. The van der Waals surface area contributed by atoms with Crippen LogP contribution in [0.25, 0.3) is 0 Å². The quantitative estimate of drug-likeness (QED) is 0.824. The van der Waals surface area contributed by atoms with E-state index in [0.29, 0.717) is 24.2 Å². The first-order valence-corrected chi connectivity index (χ1v) is 6.60. The molecule has 1 aromatic rings. The molecule has 0 spiro atoms. The number of carboxylic acid groups (broad SMARTS) is 1. The minimum atomic E-state index is -1.01. The van der Waals surface area contributed by atoms with Gasteiger partial charge < -0.3 is 14.4 Å². The molecule has 1 aromatic heterocycles. The monoisotopic (exact) mass is 267 g/mol. The summed E-state index contributed by atoms with van der Waals surface area (Å²) in [6.07, 6.45) is 3.74. The Morgan fingerprint density at radius 1 is 1.42 bits per heavy atom. The molecule has 1 unspecified atom stereocenters. The molecule has 19 heavy (non-hydrogen) atoms. The maximum Gasteiger partial charge on any atom is 0.323 e. The van der Waals surface area contributed by atoms with Crippen LogP contribution in [0.5, 0.6) is 0 Å². The van der Waals surface area contributed by atoms with E-state index >= 15 is 0 Å². The van der Waals surface area contributed by atoms with E-state index in [2.05, 4.69) is 0 Å². The van der Waals surface area contributed by atoms with Crippen LogP contribution in [0, 0.1) is 0 Å². The van der Waals surface area contributed by atoms with Crippen molar-refractivity contribution in [1.29, 1.82) is 0 Å². The van der Waals surface area contributed by atoms with Crippen LogP contribution < -0.4 is 0 Å². The molecule has 0 aliphatic carbocycles. The van der Waals surface area contributed by atoms with E-state index in [1.165, 1.54) is 11.2 Å². The minimum Gasteiger partial charge on any atom is -0.480 e. The average Bonchev–Trinajstić information content (AvgIpc) is 2.82. The number of carboxylic acids is 1. The number of carbonyl (C=O) groups excluding carboxylic acids is 1. The SMILES string of the molecule is CCCc1occc1C(=O)N(CC(=O)O)C(C)CC. The summed E-state index contributed by atoms with van der Waals surface area (Å²) < 4.78 is 5.30. The van der Waals surface area contributed by atoms with Gasteiger partial charge in [-0.1, -0.05) is 13.8 Å². The first-order valence-electron chi connectivity index (χ1n) is 6.60. The molecular formula is C14H21NO4. The fourth-order valence-electron chi connectivity index (χ4n) is 1.90. The van der Waals surface area contributed by atoms with Gasteiger partial charge in [0.05, 0.1) is 11.8 Å². The normalized spacial score (nSPS) is 12.2. The van der Waals surface area contributed by atoms with Gasteiger partial charge in [-0.2, -0.15) is 0 Å². The highest BCUT2D eigenvalue weighted by atomic mass is 16.4. The predicted molar refractivity (Wildman–Crippen MR) is 71.1 cm³/mol. The van der Waals surface area contributed by atoms with Crippen LogP contribution in [0.1, 0.15) is 49.7 Å². The van der Waals surface area contributed by atoms with Crippen LogP contribution in [0.2, 0.25) is 0 Å². The lowest BCUT2D eigenvalue weighted by Gasteiger charge is -2.26. The molecule has 0 radical (unpaired) electrons. The van der Waals surface area contributed by atoms with Gasteiger partial charge in [0.2, 0.25) is 0 Å². The van der Waals surface area contributed by atoms with Gasteiger partial charge in [-0.05, 0) is 25.8 Å². The predicted octanol–water partition coefficient (Wildman–Crippen LogP) is 2.56. The van der Waals surface area contributed by atoms with Crippen LogP contribution in [0.4, 0.5) is 0 Å². The van der Waals surface area contributed by atoms with Crippen LogP contribution >= 0.6 is 0 Å². The van der Waals surface area contributed by atoms with Crippen LogP contribution in [-0.2, 0) is 11.2 Å². The summed E-state index contributed by atoms with van der Waals surface area (Å²) in [5, 5.41) is 8.93. The molecule has 0 aliphatic heterocycles. The second kappa shape index (κ2) is 6.97. The van der Waals surface area contributed by atoms with E-state index in [1.54, 1.807) is 6.07 Å². The molecule has 0 saturated carbocycles. The third-order valence-corrected chi connectivity index (χ3v) is 3.14. The topological polar surface area (TPSA) is 70.8 Å². The minimum absolute atomic E-state index is 0.118. The lowest BCUT2D eigenvalue weighted by molar-refractivity contribution is -0.138. The van der Waals surface area contributed by atoms with Crippen LogP contribution in [0.3, 0.4) is 0 Å². The Kier molecular flexibility index (Phi) is 5.60. The van der Waals surface area contributed by atoms with E-state index in [9.17, 15) is 9.59 Å². The Labute approximate surface area is 113 Å². The molecule has 1 amide bonds. The van der Waals surface area contributed by atoms with E-state index in [1.807, 2.05) is 20.8 Å². The number of nitrogens with zero attached hydrogens (tertiary/aromatic N) is 1. The van der Waals surface area contributed by atoms with E-state index in [-0.39, 0.29) is 18.5 Å². The number of aliphatic carboxylic acids is 1. The van der Waals surface area contributed by atoms with Crippen molar-refractivity contribution in [3.05, 3.63) is 23.7 Å². The smallest absolute Gasteiger partial charge is 0.323 e. The van der Waals surface area contributed by atoms with Gasteiger partial charge in [0.25, 0.3) is 5.91 Å². The fraction of sp³-hybridized carbons (Fsp3) is 0.571. The van der Waals surface area contributed by atoms with E-state index in [4.69, 9.17) is 9.52 Å². The molecule has 0 bridgehead atoms. The zero-order valence-corrected chi connectivity index (χ0v) is 11.7. The van der Waals surface area contributed by atoms with Crippen molar-refractivity contribution in [1.82, 2.24) is 4.90 Å². The zero-order chi connectivity index (χ0) is 14.4. The molecule has 5 nitrogen and oxygen atoms in total. The summed E-state index contributed by atoms with van der Waals surface area (Å²) in [5.41, 5.74) is 0.475. The summed E-state index contributed by atoms with van der Waals surface area (Å²) in [5.74, 6) is -0.644. The Morgan fingerprint density at radius 3 is 2.63 bits per heavy atom. The molecule has 1 atom stereocenters. The zero-order valence-electron chi connectivity index (χ0n) is 11.7. The molecule has 0 aromatic carbocycles. The molecule has 5 heteroatoms. The molecule has 1 N–H and O–H groups in total. The number of hydrogen-bond donors (Lipinski definition) is 1. The summed E-state index contributed by atoms with van der Waals surface area (Å²) in [7, 11) is 0. The third kappa shape index (κ3) is 3.84. The van der Waals surface area contributed by atoms with Gasteiger partial charge in [0, 0.05) is 12.5 Å². The van der Waals surface area contributed by atoms with Crippen molar-refractivity contribution in [2.45, 2.75) is 46.1 Å². The van der Waals surface area contributed by atoms with Crippen molar-refractivity contribution in [2.24, 2.45) is 0 Å². The Morgan fingerprint density at radius 2 is 2.11 bits per heavy atom. The largest absolute Gasteiger partial charge is 0.480 e. The highest BCUT2D eigenvalue weighted by Crippen LogP contribution is 2.17. The van der Waals surface area contributed by atoms with Gasteiger partial charge in [0.1, 0.15) is 12.3 Å². The number of rotatable bonds is 7. The summed E-state index contributed by atoms with van der Waals surface area (Å²) in [6, 6.07) is 1.50. The van der Waals surface area contributed by atoms with Crippen LogP contribution in [0.15, 0.2) is 16.7 Å². The van der Waals surface area contributed by atoms with Crippen molar-refractivity contribution in [3.63, 3.8) is 0 Å². The lowest BCUT2D eigenvalue weighted by atomic mass is 10.1. The Balaban J connectivity index is 2.97. The molecular weight excluding hydrogens is 246 g/mol. The Bertz CT molecular complexity index is 438. The highest BCUT2D eigenvalue weighted by molar-refractivity contribution is 5.96. The number of aryl methyl sites for hydroxylation is 1. The van der Waals surface area contributed by atoms with Crippen molar-refractivity contribution in [2.75, 3.05) is 6.54 Å². The van der Waals surface area contributed by atoms with Gasteiger partial charge >= 0.3 is 5.97 Å². The lowest BCUT2D eigenvalue weighted by Crippen LogP contribution is -2.42. The van der Waals surface area contributed by atoms with Gasteiger partial charge in [-0.15, -0.1) is 0 Å². The number of carbonyl (C=O) groups is 2. The first-order chi connectivity index (χ1) is 9.01. The standard InChI is InChI=1S/C14H21NO4/c1-4-6-12-11(7-8-19-12)14(18)15(9-13(16)17)10(3)5-2/h7-8,10H,4-6,9H2,1-3H3,(H,16,17). The summed E-state index contributed by atoms with van der Waals surface area (Å²) in [4.78, 5) is 24.7. The third-order valence-electron chi connectivity index (χ3n) is 3.14.